The molecule has 0 saturated carbocycles. The molecule has 0 spiro atoms. The van der Waals surface area contributed by atoms with Crippen molar-refractivity contribution in [1.82, 2.24) is 0 Å². The molecule has 0 saturated heterocycles. The molecule has 1 heteroatoms. The first-order chi connectivity index (χ1) is 23.3. The molecule has 47 heavy (non-hydrogen) atoms. The Morgan fingerprint density at radius 2 is 0.787 bits per heavy atom. The molecule has 0 unspecified atom stereocenters. The van der Waals surface area contributed by atoms with E-state index in [0.29, 0.717) is 0 Å². The van der Waals surface area contributed by atoms with Gasteiger partial charge in [0, 0.05) is 21.9 Å². The summed E-state index contributed by atoms with van der Waals surface area (Å²) in [4.78, 5) is 0. The van der Waals surface area contributed by atoms with Gasteiger partial charge < -0.3 is 4.42 Å². The molecule has 10 rings (SSSR count). The van der Waals surface area contributed by atoms with Crippen LogP contribution in [0.4, 0.5) is 0 Å². The van der Waals surface area contributed by atoms with E-state index < -0.39 is 0 Å². The molecular formula is C46H28O. The monoisotopic (exact) mass is 596 g/mol. The quantitative estimate of drug-likeness (QED) is 0.185. The van der Waals surface area contributed by atoms with Gasteiger partial charge in [-0.05, 0) is 77.5 Å². The number of benzene rings is 9. The summed E-state index contributed by atoms with van der Waals surface area (Å²) >= 11 is 0. The van der Waals surface area contributed by atoms with Crippen molar-refractivity contribution in [3.05, 3.63) is 170 Å². The van der Waals surface area contributed by atoms with E-state index in [4.69, 9.17) is 4.42 Å². The summed E-state index contributed by atoms with van der Waals surface area (Å²) < 4.78 is 6.74. The predicted molar refractivity (Wildman–Crippen MR) is 200 cm³/mol. The fourth-order valence-corrected chi connectivity index (χ4v) is 7.70. The Morgan fingerprint density at radius 3 is 1.49 bits per heavy atom. The molecule has 1 nitrogen and oxygen atoms in total. The predicted octanol–water partition coefficient (Wildman–Crippen LogP) is 13.2. The van der Waals surface area contributed by atoms with E-state index >= 15 is 0 Å². The Bertz CT molecular complexity index is 2770. The van der Waals surface area contributed by atoms with E-state index in [2.05, 4.69) is 170 Å². The van der Waals surface area contributed by atoms with Gasteiger partial charge in [0.2, 0.25) is 0 Å². The van der Waals surface area contributed by atoms with Gasteiger partial charge in [-0.2, -0.15) is 0 Å². The number of fused-ring (bicyclic) bond motifs is 7. The van der Waals surface area contributed by atoms with Crippen molar-refractivity contribution in [3.63, 3.8) is 0 Å². The highest BCUT2D eigenvalue weighted by atomic mass is 16.3. The zero-order valence-corrected chi connectivity index (χ0v) is 25.6. The zero-order valence-electron chi connectivity index (χ0n) is 25.6. The maximum absolute atomic E-state index is 6.74. The molecule has 1 heterocycles. The molecule has 1 aromatic heterocycles. The van der Waals surface area contributed by atoms with Gasteiger partial charge in [0.1, 0.15) is 11.2 Å². The Kier molecular flexibility index (Phi) is 5.64. The Hall–Kier alpha value is -6.18. The molecule has 0 radical (unpaired) electrons. The lowest BCUT2D eigenvalue weighted by Crippen LogP contribution is -1.91. The van der Waals surface area contributed by atoms with Crippen molar-refractivity contribution >= 4 is 65.0 Å². The first kappa shape index (κ1) is 26.1. The summed E-state index contributed by atoms with van der Waals surface area (Å²) in [5.74, 6) is 0. The van der Waals surface area contributed by atoms with E-state index in [9.17, 15) is 0 Å². The van der Waals surface area contributed by atoms with Crippen LogP contribution in [0.3, 0.4) is 0 Å². The summed E-state index contributed by atoms with van der Waals surface area (Å²) in [6.45, 7) is 0. The van der Waals surface area contributed by atoms with E-state index in [0.717, 1.165) is 27.5 Å². The van der Waals surface area contributed by atoms with Crippen LogP contribution in [0.15, 0.2) is 174 Å². The lowest BCUT2D eigenvalue weighted by atomic mass is 9.85. The van der Waals surface area contributed by atoms with Gasteiger partial charge in [-0.1, -0.05) is 158 Å². The van der Waals surface area contributed by atoms with Crippen molar-refractivity contribution in [3.8, 4) is 33.4 Å². The Morgan fingerprint density at radius 1 is 0.298 bits per heavy atom. The highest BCUT2D eigenvalue weighted by Gasteiger charge is 2.20. The normalized spacial score (nSPS) is 11.8. The first-order valence-corrected chi connectivity index (χ1v) is 16.2. The molecule has 0 N–H and O–H groups in total. The standard InChI is InChI=1S/C46H28O/c1-2-13-33-28-43-42(27-32(33)12-1)40-21-10-22-41(46(40)47-43)45-38-18-7-5-16-36(38)44(37-17-6-8-19-39(37)45)31-25-23-30(24-26-31)35-20-9-14-29-11-3-4-15-34(29)35/h1-28H. The summed E-state index contributed by atoms with van der Waals surface area (Å²) in [7, 11) is 0. The molecule has 0 aliphatic heterocycles. The van der Waals surface area contributed by atoms with Crippen LogP contribution in [-0.2, 0) is 0 Å². The summed E-state index contributed by atoms with van der Waals surface area (Å²) in [6, 6.07) is 61.5. The maximum atomic E-state index is 6.74. The molecule has 9 aromatic carbocycles. The average molecular weight is 597 g/mol. The van der Waals surface area contributed by atoms with E-state index in [1.165, 1.54) is 70.9 Å². The van der Waals surface area contributed by atoms with Crippen molar-refractivity contribution in [2.24, 2.45) is 0 Å². The topological polar surface area (TPSA) is 13.1 Å². The molecule has 0 bridgehead atoms. The fraction of sp³-hybridized carbons (Fsp3) is 0. The SMILES string of the molecule is c1ccc2cc3c(cc2c1)oc1c(-c2c4ccccc4c(-c4ccc(-c5cccc6ccccc56)cc4)c4ccccc24)cccc13. The van der Waals surface area contributed by atoms with Gasteiger partial charge in [-0.25, -0.2) is 0 Å². The Labute approximate surface area is 271 Å². The van der Waals surface area contributed by atoms with Crippen LogP contribution in [0.5, 0.6) is 0 Å². The lowest BCUT2D eigenvalue weighted by Gasteiger charge is -2.18. The minimum Gasteiger partial charge on any atom is -0.455 e. The maximum Gasteiger partial charge on any atom is 0.143 e. The van der Waals surface area contributed by atoms with Crippen molar-refractivity contribution in [1.29, 1.82) is 0 Å². The van der Waals surface area contributed by atoms with Crippen LogP contribution in [-0.4, -0.2) is 0 Å². The lowest BCUT2D eigenvalue weighted by molar-refractivity contribution is 0.670. The first-order valence-electron chi connectivity index (χ1n) is 16.2. The van der Waals surface area contributed by atoms with E-state index in [-0.39, 0.29) is 0 Å². The van der Waals surface area contributed by atoms with Crippen molar-refractivity contribution < 1.29 is 4.42 Å². The van der Waals surface area contributed by atoms with Crippen molar-refractivity contribution in [2.75, 3.05) is 0 Å². The second-order valence-corrected chi connectivity index (χ2v) is 12.4. The second-order valence-electron chi connectivity index (χ2n) is 12.4. The highest BCUT2D eigenvalue weighted by Crippen LogP contribution is 2.47. The minimum atomic E-state index is 0.919. The van der Waals surface area contributed by atoms with Gasteiger partial charge in [0.15, 0.2) is 0 Å². The third-order valence-electron chi connectivity index (χ3n) is 9.84. The highest BCUT2D eigenvalue weighted by molar-refractivity contribution is 6.24. The van der Waals surface area contributed by atoms with Crippen LogP contribution in [0, 0.1) is 0 Å². The fourth-order valence-electron chi connectivity index (χ4n) is 7.70. The van der Waals surface area contributed by atoms with Crippen LogP contribution in [0.1, 0.15) is 0 Å². The molecule has 10 aromatic rings. The average Bonchev–Trinajstić information content (AvgIpc) is 3.50. The number of hydrogen-bond donors (Lipinski definition) is 0. The molecule has 0 atom stereocenters. The largest absolute Gasteiger partial charge is 0.455 e. The summed E-state index contributed by atoms with van der Waals surface area (Å²) in [5, 5.41) is 12.1. The van der Waals surface area contributed by atoms with E-state index in [1.807, 2.05) is 0 Å². The number of furan rings is 1. The van der Waals surface area contributed by atoms with Crippen LogP contribution < -0.4 is 0 Å². The van der Waals surface area contributed by atoms with Gasteiger partial charge in [-0.3, -0.25) is 0 Å². The summed E-state index contributed by atoms with van der Waals surface area (Å²) in [6.07, 6.45) is 0. The van der Waals surface area contributed by atoms with Gasteiger partial charge >= 0.3 is 0 Å². The van der Waals surface area contributed by atoms with Gasteiger partial charge in [-0.15, -0.1) is 0 Å². The molecule has 0 aliphatic carbocycles. The number of hydrogen-bond acceptors (Lipinski definition) is 1. The smallest absolute Gasteiger partial charge is 0.143 e. The Balaban J connectivity index is 1.22. The zero-order chi connectivity index (χ0) is 30.9. The van der Waals surface area contributed by atoms with Crippen molar-refractivity contribution in [2.45, 2.75) is 0 Å². The summed E-state index contributed by atoms with van der Waals surface area (Å²) in [5.41, 5.74) is 9.12. The van der Waals surface area contributed by atoms with E-state index in [1.54, 1.807) is 0 Å². The third kappa shape index (κ3) is 3.97. The molecular weight excluding hydrogens is 569 g/mol. The molecule has 218 valence electrons. The number of para-hydroxylation sites is 1. The third-order valence-corrected chi connectivity index (χ3v) is 9.84. The van der Waals surface area contributed by atoms with Crippen LogP contribution in [0.2, 0.25) is 0 Å². The van der Waals surface area contributed by atoms with Gasteiger partial charge in [0.25, 0.3) is 0 Å². The molecule has 0 fully saturated rings. The van der Waals surface area contributed by atoms with Crippen LogP contribution >= 0.6 is 0 Å². The second kappa shape index (κ2) is 10.2. The number of rotatable bonds is 3. The molecule has 0 aliphatic rings. The molecule has 0 amide bonds. The van der Waals surface area contributed by atoms with Crippen LogP contribution in [0.25, 0.3) is 98.4 Å². The minimum absolute atomic E-state index is 0.919. The van der Waals surface area contributed by atoms with Gasteiger partial charge in [0.05, 0.1) is 0 Å².